The Morgan fingerprint density at radius 2 is 1.76 bits per heavy atom. The minimum atomic E-state index is 0.233. The molecule has 1 nitrogen and oxygen atoms in total. The molecule has 1 unspecified atom stereocenters. The first-order chi connectivity index (χ1) is 7.93. The van der Waals surface area contributed by atoms with Gasteiger partial charge >= 0.3 is 0 Å². The topological polar surface area (TPSA) is 20.2 Å². The van der Waals surface area contributed by atoms with Crippen molar-refractivity contribution in [1.29, 1.82) is 0 Å². The van der Waals surface area contributed by atoms with E-state index in [9.17, 15) is 0 Å². The molecular weight excluding hydrogens is 228 g/mol. The Morgan fingerprint density at radius 1 is 1.18 bits per heavy atom. The van der Waals surface area contributed by atoms with Crippen LogP contribution in [0.4, 0.5) is 0 Å². The van der Waals surface area contributed by atoms with Crippen LogP contribution in [0.2, 0.25) is 0 Å². The molecule has 0 spiro atoms. The molecule has 0 bridgehead atoms. The molecule has 1 N–H and O–H groups in total. The van der Waals surface area contributed by atoms with Crippen LogP contribution in [0.5, 0.6) is 0 Å². The van der Waals surface area contributed by atoms with Crippen molar-refractivity contribution in [2.24, 2.45) is 5.92 Å². The number of hydrogen-bond acceptors (Lipinski definition) is 2. The van der Waals surface area contributed by atoms with Crippen LogP contribution in [-0.2, 0) is 11.2 Å². The lowest BCUT2D eigenvalue weighted by atomic mass is 9.87. The molecule has 1 rings (SSSR count). The Morgan fingerprint density at radius 3 is 2.24 bits per heavy atom. The molecule has 1 atom stereocenters. The minimum Gasteiger partial charge on any atom is -0.396 e. The van der Waals surface area contributed by atoms with Crippen molar-refractivity contribution in [2.45, 2.75) is 38.9 Å². The molecular formula is C15H24OS. The number of aliphatic hydroxyl groups excluding tert-OH is 1. The van der Waals surface area contributed by atoms with Crippen LogP contribution in [0.15, 0.2) is 24.3 Å². The zero-order chi connectivity index (χ0) is 12.9. The first kappa shape index (κ1) is 14.6. The highest BCUT2D eigenvalue weighted by Crippen LogP contribution is 2.23. The van der Waals surface area contributed by atoms with Crippen molar-refractivity contribution in [3.63, 3.8) is 0 Å². The van der Waals surface area contributed by atoms with Crippen LogP contribution in [0.25, 0.3) is 0 Å². The molecule has 1 aromatic rings. The normalized spacial score (nSPS) is 13.7. The van der Waals surface area contributed by atoms with Crippen molar-refractivity contribution in [3.8, 4) is 0 Å². The molecule has 0 heterocycles. The Hall–Kier alpha value is -0.470. The van der Waals surface area contributed by atoms with Crippen LogP contribution in [0.3, 0.4) is 0 Å². The lowest BCUT2D eigenvalue weighted by Gasteiger charge is -2.19. The van der Waals surface area contributed by atoms with Gasteiger partial charge in [-0.1, -0.05) is 52.0 Å². The van der Waals surface area contributed by atoms with Gasteiger partial charge in [-0.2, -0.15) is 11.8 Å². The molecule has 17 heavy (non-hydrogen) atoms. The third-order valence-electron chi connectivity index (χ3n) is 2.80. The summed E-state index contributed by atoms with van der Waals surface area (Å²) in [5.41, 5.74) is 2.99. The van der Waals surface area contributed by atoms with Gasteiger partial charge in [0.15, 0.2) is 0 Å². The lowest BCUT2D eigenvalue weighted by Crippen LogP contribution is -2.10. The van der Waals surface area contributed by atoms with Gasteiger partial charge in [-0.25, -0.2) is 0 Å². The number of aliphatic hydroxyl groups is 1. The summed E-state index contributed by atoms with van der Waals surface area (Å²) in [5, 5.41) is 8.94. The molecule has 0 radical (unpaired) electrons. The number of rotatable bonds is 5. The van der Waals surface area contributed by atoms with Gasteiger partial charge in [0.1, 0.15) is 0 Å². The van der Waals surface area contributed by atoms with Gasteiger partial charge in [0, 0.05) is 12.4 Å². The van der Waals surface area contributed by atoms with Crippen LogP contribution in [-0.4, -0.2) is 17.5 Å². The van der Waals surface area contributed by atoms with E-state index in [1.807, 2.05) is 11.8 Å². The lowest BCUT2D eigenvalue weighted by molar-refractivity contribution is 0.250. The zero-order valence-electron chi connectivity index (χ0n) is 11.4. The molecule has 0 aliphatic heterocycles. The monoisotopic (exact) mass is 252 g/mol. The van der Waals surface area contributed by atoms with Crippen molar-refractivity contribution in [3.05, 3.63) is 35.4 Å². The molecule has 0 aliphatic rings. The summed E-state index contributed by atoms with van der Waals surface area (Å²) in [6.07, 6.45) is 0. The second-order valence-corrected chi connectivity index (χ2v) is 6.78. The Bertz CT molecular complexity index is 324. The van der Waals surface area contributed by atoms with Gasteiger partial charge in [0.2, 0.25) is 0 Å². The molecule has 1 aromatic carbocycles. The van der Waals surface area contributed by atoms with Gasteiger partial charge in [-0.3, -0.25) is 0 Å². The molecule has 0 amide bonds. The van der Waals surface area contributed by atoms with Crippen molar-refractivity contribution in [2.75, 3.05) is 12.4 Å². The van der Waals surface area contributed by atoms with Crippen LogP contribution in [0.1, 0.15) is 38.8 Å². The van der Waals surface area contributed by atoms with Crippen LogP contribution < -0.4 is 0 Å². The SMILES string of the molecule is CC(CO)CSCc1ccc(C(C)(C)C)cc1. The molecule has 96 valence electrons. The molecule has 0 saturated heterocycles. The van der Waals surface area contributed by atoms with E-state index in [0.717, 1.165) is 11.5 Å². The Balaban J connectivity index is 2.46. The fourth-order valence-electron chi connectivity index (χ4n) is 1.53. The number of thioether (sulfide) groups is 1. The van der Waals surface area contributed by atoms with E-state index in [1.165, 1.54) is 11.1 Å². The first-order valence-electron chi connectivity index (χ1n) is 6.21. The first-order valence-corrected chi connectivity index (χ1v) is 7.37. The second kappa shape index (κ2) is 6.46. The summed E-state index contributed by atoms with van der Waals surface area (Å²) in [7, 11) is 0. The van der Waals surface area contributed by atoms with E-state index in [-0.39, 0.29) is 12.0 Å². The predicted molar refractivity (Wildman–Crippen MR) is 77.6 cm³/mol. The van der Waals surface area contributed by atoms with Crippen molar-refractivity contribution >= 4 is 11.8 Å². The smallest absolute Gasteiger partial charge is 0.0464 e. The summed E-state index contributed by atoms with van der Waals surface area (Å²) in [5.74, 6) is 2.46. The van der Waals surface area contributed by atoms with E-state index in [1.54, 1.807) is 0 Å². The molecule has 0 aliphatic carbocycles. The van der Waals surface area contributed by atoms with Gasteiger partial charge in [0.05, 0.1) is 0 Å². The Kier molecular flexibility index (Phi) is 5.54. The predicted octanol–water partition coefficient (Wildman–Crippen LogP) is 3.85. The van der Waals surface area contributed by atoms with Gasteiger partial charge in [-0.05, 0) is 28.2 Å². The Labute approximate surface area is 110 Å². The maximum absolute atomic E-state index is 8.94. The molecule has 0 fully saturated rings. The van der Waals surface area contributed by atoms with E-state index in [0.29, 0.717) is 5.92 Å². The summed E-state index contributed by atoms with van der Waals surface area (Å²) in [4.78, 5) is 0. The summed E-state index contributed by atoms with van der Waals surface area (Å²) < 4.78 is 0. The van der Waals surface area contributed by atoms with E-state index >= 15 is 0 Å². The standard InChI is InChI=1S/C15H24OS/c1-12(9-16)10-17-11-13-5-7-14(8-6-13)15(2,3)4/h5-8,12,16H,9-11H2,1-4H3. The molecule has 0 aromatic heterocycles. The average Bonchev–Trinajstić information content (AvgIpc) is 2.28. The van der Waals surface area contributed by atoms with Gasteiger partial charge in [0.25, 0.3) is 0 Å². The quantitative estimate of drug-likeness (QED) is 0.859. The fraction of sp³-hybridized carbons (Fsp3) is 0.600. The fourth-order valence-corrected chi connectivity index (χ4v) is 2.59. The maximum atomic E-state index is 8.94. The summed E-state index contributed by atoms with van der Waals surface area (Å²) in [6, 6.07) is 8.89. The van der Waals surface area contributed by atoms with Gasteiger partial charge in [-0.15, -0.1) is 0 Å². The molecule has 0 saturated carbocycles. The zero-order valence-corrected chi connectivity index (χ0v) is 12.2. The minimum absolute atomic E-state index is 0.233. The van der Waals surface area contributed by atoms with E-state index in [4.69, 9.17) is 5.11 Å². The highest BCUT2D eigenvalue weighted by atomic mass is 32.2. The van der Waals surface area contributed by atoms with Crippen molar-refractivity contribution < 1.29 is 5.11 Å². The van der Waals surface area contributed by atoms with Crippen LogP contribution >= 0.6 is 11.8 Å². The van der Waals surface area contributed by atoms with E-state index < -0.39 is 0 Å². The third-order valence-corrected chi connectivity index (χ3v) is 4.14. The largest absolute Gasteiger partial charge is 0.396 e. The summed E-state index contributed by atoms with van der Waals surface area (Å²) >= 11 is 1.89. The number of benzene rings is 1. The average molecular weight is 252 g/mol. The molecule has 2 heteroatoms. The van der Waals surface area contributed by atoms with Crippen LogP contribution in [0, 0.1) is 5.92 Å². The van der Waals surface area contributed by atoms with Gasteiger partial charge < -0.3 is 5.11 Å². The summed E-state index contributed by atoms with van der Waals surface area (Å²) in [6.45, 7) is 9.07. The highest BCUT2D eigenvalue weighted by Gasteiger charge is 2.12. The van der Waals surface area contributed by atoms with Crippen molar-refractivity contribution in [1.82, 2.24) is 0 Å². The maximum Gasteiger partial charge on any atom is 0.0464 e. The second-order valence-electron chi connectivity index (χ2n) is 5.75. The van der Waals surface area contributed by atoms with E-state index in [2.05, 4.69) is 52.0 Å². The number of hydrogen-bond donors (Lipinski definition) is 1. The highest BCUT2D eigenvalue weighted by molar-refractivity contribution is 7.98. The third kappa shape index (κ3) is 5.13.